The minimum absolute atomic E-state index is 0.259. The van der Waals surface area contributed by atoms with E-state index in [1.165, 1.54) is 6.08 Å². The minimum atomic E-state index is -4.73. The molecule has 0 aliphatic carbocycles. The van der Waals surface area contributed by atoms with E-state index >= 15 is 0 Å². The van der Waals surface area contributed by atoms with Gasteiger partial charge in [-0.1, -0.05) is 30.3 Å². The molecule has 0 saturated carbocycles. The maximum atomic E-state index is 13.1. The number of hydrogen-bond donors (Lipinski definition) is 1. The fraction of sp³-hybridized carbons (Fsp3) is 0.0952. The molecule has 11 heteroatoms. The molecule has 1 heterocycles. The van der Waals surface area contributed by atoms with Crippen LogP contribution in [0.15, 0.2) is 59.1 Å². The van der Waals surface area contributed by atoms with Crippen LogP contribution in [0.4, 0.5) is 23.7 Å². The normalized spacial score (nSPS) is 15.7. The zero-order chi connectivity index (χ0) is 23.6. The van der Waals surface area contributed by atoms with Gasteiger partial charge in [0.25, 0.3) is 11.8 Å². The van der Waals surface area contributed by atoms with Gasteiger partial charge in [-0.05, 0) is 57.9 Å². The first-order valence-corrected chi connectivity index (χ1v) is 10.0. The topological polar surface area (TPSA) is 75.7 Å². The number of rotatable bonds is 5. The lowest BCUT2D eigenvalue weighted by molar-refractivity contribution is -0.137. The lowest BCUT2D eigenvalue weighted by atomic mass is 10.1. The standard InChI is InChI=1S/C21H13BrClF3N2O4/c1-2-7-32-17-6-3-11(9-14(17)22)8-13-18(29)27-20(31)28(19(13)30)16-10-12(21(24,25)26)4-5-15(16)23/h2-6,8-10H,1,7H2,(H,27,29,31)/b13-8-. The largest absolute Gasteiger partial charge is 0.488 e. The number of carbonyl (C=O) groups excluding carboxylic acids is 3. The molecule has 1 saturated heterocycles. The van der Waals surface area contributed by atoms with E-state index in [-0.39, 0.29) is 11.6 Å². The second-order valence-corrected chi connectivity index (χ2v) is 7.67. The number of hydrogen-bond acceptors (Lipinski definition) is 4. The SMILES string of the molecule is C=CCOc1ccc(/C=C2/C(=O)NC(=O)N(c3cc(C(F)(F)F)ccc3Cl)C2=O)cc1Br. The molecular weight excluding hydrogens is 517 g/mol. The highest BCUT2D eigenvalue weighted by molar-refractivity contribution is 9.10. The summed E-state index contributed by atoms with van der Waals surface area (Å²) in [7, 11) is 0. The molecule has 0 unspecified atom stereocenters. The second-order valence-electron chi connectivity index (χ2n) is 6.41. The number of imide groups is 2. The van der Waals surface area contributed by atoms with Crippen LogP contribution in [0.1, 0.15) is 11.1 Å². The van der Waals surface area contributed by atoms with Crippen molar-refractivity contribution in [2.75, 3.05) is 11.5 Å². The zero-order valence-electron chi connectivity index (χ0n) is 16.0. The molecule has 2 aromatic rings. The van der Waals surface area contributed by atoms with Crippen molar-refractivity contribution in [1.29, 1.82) is 0 Å². The van der Waals surface area contributed by atoms with Gasteiger partial charge < -0.3 is 4.74 Å². The summed E-state index contributed by atoms with van der Waals surface area (Å²) in [6, 6.07) is 5.67. The smallest absolute Gasteiger partial charge is 0.416 e. The van der Waals surface area contributed by atoms with Gasteiger partial charge in [-0.15, -0.1) is 0 Å². The third-order valence-electron chi connectivity index (χ3n) is 4.24. The summed E-state index contributed by atoms with van der Waals surface area (Å²) < 4.78 is 45.3. The lowest BCUT2D eigenvalue weighted by Gasteiger charge is -2.27. The Labute approximate surface area is 193 Å². The van der Waals surface area contributed by atoms with E-state index in [0.717, 1.165) is 6.07 Å². The van der Waals surface area contributed by atoms with Gasteiger partial charge in [0.15, 0.2) is 0 Å². The lowest BCUT2D eigenvalue weighted by Crippen LogP contribution is -2.54. The Morgan fingerprint density at radius 2 is 1.88 bits per heavy atom. The molecule has 1 fully saturated rings. The molecular formula is C21H13BrClF3N2O4. The molecule has 3 rings (SSSR count). The quantitative estimate of drug-likeness (QED) is 0.322. The van der Waals surface area contributed by atoms with Crippen molar-refractivity contribution >= 4 is 57.1 Å². The van der Waals surface area contributed by atoms with Gasteiger partial charge >= 0.3 is 12.2 Å². The number of ether oxygens (including phenoxy) is 1. The first-order chi connectivity index (χ1) is 15.0. The molecule has 166 valence electrons. The molecule has 6 nitrogen and oxygen atoms in total. The zero-order valence-corrected chi connectivity index (χ0v) is 18.3. The van der Waals surface area contributed by atoms with Crippen LogP contribution in [0.25, 0.3) is 6.08 Å². The number of urea groups is 1. The van der Waals surface area contributed by atoms with E-state index < -0.39 is 40.8 Å². The summed E-state index contributed by atoms with van der Waals surface area (Å²) in [6.07, 6.45) is -1.98. The highest BCUT2D eigenvalue weighted by Gasteiger charge is 2.39. The molecule has 0 atom stereocenters. The third kappa shape index (κ3) is 4.86. The average Bonchev–Trinajstić information content (AvgIpc) is 2.71. The Morgan fingerprint density at radius 3 is 2.50 bits per heavy atom. The van der Waals surface area contributed by atoms with Crippen LogP contribution in [0.5, 0.6) is 5.75 Å². The van der Waals surface area contributed by atoms with Gasteiger partial charge in [-0.2, -0.15) is 13.2 Å². The summed E-state index contributed by atoms with van der Waals surface area (Å²) in [5.41, 5.74) is -1.69. The van der Waals surface area contributed by atoms with Gasteiger partial charge in [0.2, 0.25) is 0 Å². The Kier molecular flexibility index (Phi) is 6.75. The molecule has 0 aromatic heterocycles. The monoisotopic (exact) mass is 528 g/mol. The molecule has 0 bridgehead atoms. The van der Waals surface area contributed by atoms with Crippen molar-refractivity contribution in [3.63, 3.8) is 0 Å². The number of amides is 4. The van der Waals surface area contributed by atoms with E-state index in [2.05, 4.69) is 22.5 Å². The fourth-order valence-electron chi connectivity index (χ4n) is 2.78. The number of barbiturate groups is 1. The predicted molar refractivity (Wildman–Crippen MR) is 115 cm³/mol. The Hall–Kier alpha value is -3.11. The van der Waals surface area contributed by atoms with E-state index in [4.69, 9.17) is 16.3 Å². The highest BCUT2D eigenvalue weighted by Crippen LogP contribution is 2.36. The number of nitrogens with zero attached hydrogens (tertiary/aromatic N) is 1. The maximum Gasteiger partial charge on any atom is 0.416 e. The molecule has 0 radical (unpaired) electrons. The molecule has 0 spiro atoms. The maximum absolute atomic E-state index is 13.1. The van der Waals surface area contributed by atoms with Crippen molar-refractivity contribution in [1.82, 2.24) is 5.32 Å². The first kappa shape index (κ1) is 23.6. The van der Waals surface area contributed by atoms with Crippen LogP contribution in [0.2, 0.25) is 5.02 Å². The predicted octanol–water partition coefficient (Wildman–Crippen LogP) is 5.35. The van der Waals surface area contributed by atoms with Crippen molar-refractivity contribution in [3.8, 4) is 5.75 Å². The minimum Gasteiger partial charge on any atom is -0.488 e. The van der Waals surface area contributed by atoms with E-state index in [1.54, 1.807) is 24.3 Å². The molecule has 1 aliphatic rings. The van der Waals surface area contributed by atoms with Gasteiger partial charge in [0.05, 0.1) is 20.7 Å². The summed E-state index contributed by atoms with van der Waals surface area (Å²) in [5.74, 6) is -1.63. The highest BCUT2D eigenvalue weighted by atomic mass is 79.9. The Balaban J connectivity index is 2.01. The van der Waals surface area contributed by atoms with Crippen LogP contribution in [0.3, 0.4) is 0 Å². The van der Waals surface area contributed by atoms with E-state index in [0.29, 0.717) is 32.8 Å². The summed E-state index contributed by atoms with van der Waals surface area (Å²) in [4.78, 5) is 37.9. The average molecular weight is 530 g/mol. The Morgan fingerprint density at radius 1 is 1.16 bits per heavy atom. The number of anilines is 1. The van der Waals surface area contributed by atoms with Crippen LogP contribution in [-0.4, -0.2) is 24.5 Å². The van der Waals surface area contributed by atoms with Crippen molar-refractivity contribution in [2.45, 2.75) is 6.18 Å². The molecule has 1 N–H and O–H groups in total. The molecule has 4 amide bonds. The second kappa shape index (κ2) is 9.17. The Bertz CT molecular complexity index is 1160. The van der Waals surface area contributed by atoms with Crippen LogP contribution >= 0.6 is 27.5 Å². The number of alkyl halides is 3. The van der Waals surface area contributed by atoms with E-state index in [9.17, 15) is 27.6 Å². The molecule has 1 aliphatic heterocycles. The number of halogens is 5. The van der Waals surface area contributed by atoms with Crippen LogP contribution < -0.4 is 15.0 Å². The number of nitrogens with one attached hydrogen (secondary N) is 1. The molecule has 2 aromatic carbocycles. The number of benzene rings is 2. The summed E-state index contributed by atoms with van der Waals surface area (Å²) >= 11 is 9.27. The first-order valence-electron chi connectivity index (χ1n) is 8.84. The van der Waals surface area contributed by atoms with Crippen molar-refractivity contribution in [2.24, 2.45) is 0 Å². The van der Waals surface area contributed by atoms with E-state index in [1.807, 2.05) is 5.32 Å². The van der Waals surface area contributed by atoms with Crippen LogP contribution in [-0.2, 0) is 15.8 Å². The van der Waals surface area contributed by atoms with Gasteiger partial charge in [0.1, 0.15) is 17.9 Å². The third-order valence-corrected chi connectivity index (χ3v) is 5.18. The summed E-state index contributed by atoms with van der Waals surface area (Å²) in [6.45, 7) is 3.80. The molecule has 32 heavy (non-hydrogen) atoms. The fourth-order valence-corrected chi connectivity index (χ4v) is 3.49. The number of carbonyl (C=O) groups is 3. The van der Waals surface area contributed by atoms with Gasteiger partial charge in [-0.3, -0.25) is 14.9 Å². The van der Waals surface area contributed by atoms with Gasteiger partial charge in [0, 0.05) is 0 Å². The van der Waals surface area contributed by atoms with Crippen molar-refractivity contribution in [3.05, 3.63) is 75.2 Å². The summed E-state index contributed by atoms with van der Waals surface area (Å²) in [5, 5.41) is 1.66. The van der Waals surface area contributed by atoms with Crippen LogP contribution in [0, 0.1) is 0 Å². The van der Waals surface area contributed by atoms with Gasteiger partial charge in [-0.25, -0.2) is 9.69 Å². The van der Waals surface area contributed by atoms with Crippen molar-refractivity contribution < 1.29 is 32.3 Å².